The van der Waals surface area contributed by atoms with Crippen molar-refractivity contribution < 1.29 is 13.2 Å². The molecule has 7 nitrogen and oxygen atoms in total. The maximum Gasteiger partial charge on any atom is 0.416 e. The van der Waals surface area contributed by atoms with Crippen LogP contribution in [0.3, 0.4) is 0 Å². The van der Waals surface area contributed by atoms with E-state index < -0.39 is 11.7 Å². The number of piperazine rings is 1. The first-order chi connectivity index (χ1) is 19.0. The molecule has 2 aliphatic rings. The number of benzene rings is 1. The number of nitrogens with one attached hydrogen (secondary N) is 2. The van der Waals surface area contributed by atoms with Crippen LogP contribution in [0.15, 0.2) is 41.7 Å². The molecule has 1 saturated heterocycles. The zero-order valence-electron chi connectivity index (χ0n) is 23.1. The Hall–Kier alpha value is -3.37. The van der Waals surface area contributed by atoms with Crippen LogP contribution in [0, 0.1) is 0 Å². The first-order valence-electron chi connectivity index (χ1n) is 13.5. The van der Waals surface area contributed by atoms with E-state index in [2.05, 4.69) is 45.8 Å². The summed E-state index contributed by atoms with van der Waals surface area (Å²) in [6, 6.07) is 3.91. The van der Waals surface area contributed by atoms with Gasteiger partial charge in [-0.3, -0.25) is 0 Å². The smallest absolute Gasteiger partial charge is 0.367 e. The molecule has 1 atom stereocenters. The molecule has 5 rings (SSSR count). The molecule has 40 heavy (non-hydrogen) atoms. The van der Waals surface area contributed by atoms with Crippen molar-refractivity contribution in [2.45, 2.75) is 59.3 Å². The summed E-state index contributed by atoms with van der Waals surface area (Å²) in [5, 5.41) is 13.1. The molecule has 1 unspecified atom stereocenters. The number of anilines is 1. The molecule has 2 aliphatic heterocycles. The number of hydrogen-bond acceptors (Lipinski definition) is 6. The fraction of sp³-hybridized carbons (Fsp3) is 0.414. The van der Waals surface area contributed by atoms with E-state index in [1.165, 1.54) is 6.07 Å². The van der Waals surface area contributed by atoms with Gasteiger partial charge in [-0.15, -0.1) is 10.2 Å². The van der Waals surface area contributed by atoms with Gasteiger partial charge in [-0.25, -0.2) is 4.98 Å². The highest BCUT2D eigenvalue weighted by Crippen LogP contribution is 2.42. The van der Waals surface area contributed by atoms with Crippen LogP contribution in [0.2, 0.25) is 5.02 Å². The lowest BCUT2D eigenvalue weighted by molar-refractivity contribution is -0.137. The second-order valence-corrected chi connectivity index (χ2v) is 10.8. The Balaban J connectivity index is 1.64. The van der Waals surface area contributed by atoms with Crippen LogP contribution in [-0.2, 0) is 12.7 Å². The highest BCUT2D eigenvalue weighted by Gasteiger charge is 2.36. The van der Waals surface area contributed by atoms with Gasteiger partial charge in [0.25, 0.3) is 0 Å². The number of nitrogens with zero attached hydrogens (tertiary/aromatic N) is 5. The number of allylic oxidation sites excluding steroid dienone is 3. The highest BCUT2D eigenvalue weighted by molar-refractivity contribution is 6.36. The zero-order chi connectivity index (χ0) is 28.8. The minimum atomic E-state index is -4.46. The van der Waals surface area contributed by atoms with Gasteiger partial charge in [-0.05, 0) is 51.0 Å². The number of aromatic amines is 1. The number of aromatic nitrogens is 4. The molecule has 3 aromatic rings. The van der Waals surface area contributed by atoms with Crippen LogP contribution in [-0.4, -0.2) is 50.7 Å². The fourth-order valence-electron chi connectivity index (χ4n) is 5.44. The molecule has 1 aromatic carbocycles. The lowest BCUT2D eigenvalue weighted by Gasteiger charge is -2.42. The second-order valence-electron chi connectivity index (χ2n) is 10.5. The first-order valence-corrected chi connectivity index (χ1v) is 13.8. The van der Waals surface area contributed by atoms with E-state index >= 15 is 0 Å². The molecule has 0 aliphatic carbocycles. The summed E-state index contributed by atoms with van der Waals surface area (Å²) in [6.45, 7) is 15.4. The number of rotatable bonds is 6. The van der Waals surface area contributed by atoms with Crippen molar-refractivity contribution in [2.75, 3.05) is 24.5 Å². The molecule has 0 radical (unpaired) electrons. The minimum Gasteiger partial charge on any atom is -0.367 e. The Kier molecular flexibility index (Phi) is 7.67. The minimum absolute atomic E-state index is 0.249. The summed E-state index contributed by atoms with van der Waals surface area (Å²) >= 11 is 6.71. The molecule has 0 amide bonds. The standard InChI is InChI=1S/C29H33ClF3N7/c1-6-19-14-39(11-10-34-19)27-17(5)26-28(38-37-24(36-26)12-16(3)4)40(23(27)7-2)15-22-25(30)20-13-18(29(31,32)33)8-9-21(20)35-22/h8-9,12-13,19,34-35H,5-7,10-11,14-15H2,1-4H3. The van der Waals surface area contributed by atoms with Crippen LogP contribution in [0.1, 0.15) is 63.3 Å². The molecular weight excluding hydrogens is 539 g/mol. The Labute approximate surface area is 236 Å². The summed E-state index contributed by atoms with van der Waals surface area (Å²) in [5.74, 6) is 1.04. The maximum atomic E-state index is 13.4. The Morgan fingerprint density at radius 3 is 2.67 bits per heavy atom. The maximum absolute atomic E-state index is 13.4. The Bertz CT molecular complexity index is 1520. The molecule has 0 spiro atoms. The van der Waals surface area contributed by atoms with Gasteiger partial charge >= 0.3 is 6.18 Å². The second kappa shape index (κ2) is 10.9. The van der Waals surface area contributed by atoms with Crippen LogP contribution >= 0.6 is 11.6 Å². The van der Waals surface area contributed by atoms with Gasteiger partial charge in [-0.1, -0.05) is 37.6 Å². The van der Waals surface area contributed by atoms with Crippen molar-refractivity contribution in [1.82, 2.24) is 30.4 Å². The molecule has 11 heteroatoms. The van der Waals surface area contributed by atoms with Gasteiger partial charge in [0.15, 0.2) is 11.6 Å². The van der Waals surface area contributed by atoms with Gasteiger partial charge in [0.2, 0.25) is 0 Å². The summed E-state index contributed by atoms with van der Waals surface area (Å²) in [7, 11) is 0. The quantitative estimate of drug-likeness (QED) is 0.339. The summed E-state index contributed by atoms with van der Waals surface area (Å²) < 4.78 is 40.2. The third-order valence-electron chi connectivity index (χ3n) is 7.38. The van der Waals surface area contributed by atoms with Crippen LogP contribution < -0.4 is 10.2 Å². The highest BCUT2D eigenvalue weighted by atomic mass is 35.5. The molecule has 4 heterocycles. The van der Waals surface area contributed by atoms with Crippen LogP contribution in [0.25, 0.3) is 22.6 Å². The van der Waals surface area contributed by atoms with E-state index in [-0.39, 0.29) is 11.6 Å². The van der Waals surface area contributed by atoms with Crippen molar-refractivity contribution in [3.63, 3.8) is 0 Å². The lowest BCUT2D eigenvalue weighted by atomic mass is 9.98. The monoisotopic (exact) mass is 571 g/mol. The van der Waals surface area contributed by atoms with E-state index in [1.54, 1.807) is 0 Å². The van der Waals surface area contributed by atoms with Gasteiger partial charge < -0.3 is 20.1 Å². The number of alkyl halides is 3. The molecule has 1 fully saturated rings. The molecule has 2 aromatic heterocycles. The lowest BCUT2D eigenvalue weighted by Crippen LogP contribution is -2.51. The van der Waals surface area contributed by atoms with Gasteiger partial charge in [0.05, 0.1) is 28.5 Å². The predicted molar refractivity (Wildman–Crippen MR) is 154 cm³/mol. The van der Waals surface area contributed by atoms with Crippen molar-refractivity contribution in [1.29, 1.82) is 0 Å². The van der Waals surface area contributed by atoms with E-state index in [9.17, 15) is 13.2 Å². The number of hydrogen-bond donors (Lipinski definition) is 2. The van der Waals surface area contributed by atoms with Gasteiger partial charge in [0.1, 0.15) is 5.69 Å². The largest absolute Gasteiger partial charge is 0.416 e. The molecule has 212 valence electrons. The van der Waals surface area contributed by atoms with Crippen LogP contribution in [0.5, 0.6) is 0 Å². The average Bonchev–Trinajstić information content (AvgIpc) is 3.23. The Morgan fingerprint density at radius 1 is 1.23 bits per heavy atom. The molecule has 0 saturated carbocycles. The van der Waals surface area contributed by atoms with Gasteiger partial charge in [-0.2, -0.15) is 13.2 Å². The SMILES string of the molecule is C=C1C(N2CCNC(CC)C2)=C(CC)N(Cc2[nH]c3ccc(C(F)(F)F)cc3c2Cl)c2nnc(C=C(C)C)nc21. The predicted octanol–water partition coefficient (Wildman–Crippen LogP) is 6.79. The fourth-order valence-corrected chi connectivity index (χ4v) is 5.70. The van der Waals surface area contributed by atoms with Crippen LogP contribution in [0.4, 0.5) is 19.0 Å². The molecular formula is C29H33ClF3N7. The van der Waals surface area contributed by atoms with Crippen molar-refractivity contribution in [3.05, 3.63) is 69.5 Å². The number of fused-ring (bicyclic) bond motifs is 2. The van der Waals surface area contributed by atoms with E-state index in [0.29, 0.717) is 46.4 Å². The van der Waals surface area contributed by atoms with E-state index in [0.717, 1.165) is 60.7 Å². The van der Waals surface area contributed by atoms with Crippen molar-refractivity contribution in [3.8, 4) is 0 Å². The average molecular weight is 572 g/mol. The van der Waals surface area contributed by atoms with Crippen molar-refractivity contribution >= 4 is 40.0 Å². The summed E-state index contributed by atoms with van der Waals surface area (Å²) in [5.41, 5.74) is 4.84. The summed E-state index contributed by atoms with van der Waals surface area (Å²) in [4.78, 5) is 12.5. The van der Waals surface area contributed by atoms with E-state index in [1.807, 2.05) is 24.8 Å². The molecule has 0 bridgehead atoms. The first kappa shape index (κ1) is 28.2. The normalized spacial score (nSPS) is 18.0. The summed E-state index contributed by atoms with van der Waals surface area (Å²) in [6.07, 6.45) is -0.925. The number of halogens is 4. The van der Waals surface area contributed by atoms with Gasteiger partial charge in [0, 0.05) is 47.8 Å². The zero-order valence-corrected chi connectivity index (χ0v) is 23.8. The number of H-pyrrole nitrogens is 1. The van der Waals surface area contributed by atoms with E-state index in [4.69, 9.17) is 16.6 Å². The molecule has 2 N–H and O–H groups in total. The third kappa shape index (κ3) is 5.22. The Morgan fingerprint density at radius 2 is 2.00 bits per heavy atom. The van der Waals surface area contributed by atoms with Crippen molar-refractivity contribution in [2.24, 2.45) is 0 Å². The third-order valence-corrected chi connectivity index (χ3v) is 7.81. The topological polar surface area (TPSA) is 73.0 Å².